The van der Waals surface area contributed by atoms with Crippen LogP contribution in [0.1, 0.15) is 31.9 Å². The fourth-order valence-electron chi connectivity index (χ4n) is 3.11. The highest BCUT2D eigenvalue weighted by molar-refractivity contribution is 6.31. The Morgan fingerprint density at radius 1 is 1.17 bits per heavy atom. The number of nitrogens with zero attached hydrogens (tertiary/aromatic N) is 1. The first kappa shape index (κ1) is 17.0. The zero-order chi connectivity index (χ0) is 17.7. The van der Waals surface area contributed by atoms with Crippen molar-refractivity contribution in [2.45, 2.75) is 38.0 Å². The van der Waals surface area contributed by atoms with E-state index in [1.807, 2.05) is 0 Å². The van der Waals surface area contributed by atoms with Crippen molar-refractivity contribution in [3.63, 3.8) is 0 Å². The largest absolute Gasteiger partial charge is 0.409 e. The summed E-state index contributed by atoms with van der Waals surface area (Å²) in [5.74, 6) is -0.418. The summed E-state index contributed by atoms with van der Waals surface area (Å²) in [6, 6.07) is 7.68. The Bertz CT molecular complexity index is 804. The highest BCUT2D eigenvalue weighted by Crippen LogP contribution is 2.43. The van der Waals surface area contributed by atoms with Crippen LogP contribution in [0.25, 0.3) is 10.8 Å². The molecule has 0 aromatic heterocycles. The first-order chi connectivity index (χ1) is 11.1. The third kappa shape index (κ3) is 3.08. The van der Waals surface area contributed by atoms with Gasteiger partial charge in [0.2, 0.25) is 5.91 Å². The quantitative estimate of drug-likeness (QED) is 0.852. The Morgan fingerprint density at radius 2 is 1.83 bits per heavy atom. The highest BCUT2D eigenvalue weighted by atomic mass is 35.5. The molecule has 1 heterocycles. The zero-order valence-corrected chi connectivity index (χ0v) is 13.9. The molecule has 1 saturated heterocycles. The van der Waals surface area contributed by atoms with Crippen molar-refractivity contribution in [1.29, 1.82) is 0 Å². The van der Waals surface area contributed by atoms with Crippen LogP contribution in [0.4, 0.5) is 13.2 Å². The maximum Gasteiger partial charge on any atom is 0.409 e. The van der Waals surface area contributed by atoms with Gasteiger partial charge in [-0.3, -0.25) is 10.2 Å². The number of rotatable bonds is 2. The van der Waals surface area contributed by atoms with E-state index in [1.54, 1.807) is 38.1 Å². The van der Waals surface area contributed by atoms with E-state index in [0.717, 1.165) is 10.4 Å². The lowest BCUT2D eigenvalue weighted by Gasteiger charge is -2.38. The van der Waals surface area contributed by atoms with E-state index in [0.29, 0.717) is 10.4 Å². The molecule has 0 spiro atoms. The molecule has 0 saturated carbocycles. The summed E-state index contributed by atoms with van der Waals surface area (Å²) in [5.41, 5.74) is 1.48. The lowest BCUT2D eigenvalue weighted by molar-refractivity contribution is -0.203. The minimum absolute atomic E-state index is 0.0129. The molecule has 0 radical (unpaired) electrons. The second-order valence-corrected chi connectivity index (χ2v) is 7.03. The van der Waals surface area contributed by atoms with Crippen LogP contribution in [-0.2, 0) is 4.79 Å². The van der Waals surface area contributed by atoms with Crippen LogP contribution in [0.3, 0.4) is 0 Å². The molecular weight excluding hydrogens is 341 g/mol. The van der Waals surface area contributed by atoms with E-state index < -0.39 is 23.7 Å². The van der Waals surface area contributed by atoms with Gasteiger partial charge in [-0.1, -0.05) is 29.8 Å². The van der Waals surface area contributed by atoms with Crippen LogP contribution in [0.2, 0.25) is 5.02 Å². The van der Waals surface area contributed by atoms with Crippen LogP contribution < -0.4 is 5.43 Å². The van der Waals surface area contributed by atoms with Gasteiger partial charge in [0.15, 0.2) is 6.04 Å². The average Bonchev–Trinajstić information content (AvgIpc) is 2.70. The molecule has 1 aliphatic heterocycles. The third-order valence-corrected chi connectivity index (χ3v) is 4.44. The van der Waals surface area contributed by atoms with Crippen molar-refractivity contribution in [3.05, 3.63) is 47.0 Å². The van der Waals surface area contributed by atoms with Gasteiger partial charge in [-0.15, -0.1) is 0 Å². The van der Waals surface area contributed by atoms with Crippen molar-refractivity contribution in [2.24, 2.45) is 0 Å². The summed E-state index contributed by atoms with van der Waals surface area (Å²) in [6.07, 6.45) is -4.53. The smallest absolute Gasteiger partial charge is 0.287 e. The van der Waals surface area contributed by atoms with Crippen LogP contribution in [-0.4, -0.2) is 22.6 Å². The predicted octanol–water partition coefficient (Wildman–Crippen LogP) is 4.61. The molecule has 2 aromatic rings. The topological polar surface area (TPSA) is 32.3 Å². The number of halogens is 4. The SMILES string of the molecule is CC1(C)CC(=O)NN1C(c1ccc2ccc(Cl)cc2c1)C(F)(F)F. The van der Waals surface area contributed by atoms with Crippen LogP contribution >= 0.6 is 11.6 Å². The molecule has 3 nitrogen and oxygen atoms in total. The predicted molar refractivity (Wildman–Crippen MR) is 86.4 cm³/mol. The highest BCUT2D eigenvalue weighted by Gasteiger charge is 2.52. The van der Waals surface area contributed by atoms with Gasteiger partial charge in [-0.25, -0.2) is 0 Å². The Morgan fingerprint density at radius 3 is 2.42 bits per heavy atom. The first-order valence-corrected chi connectivity index (χ1v) is 7.80. The maximum atomic E-state index is 13.8. The molecule has 0 bridgehead atoms. The minimum atomic E-state index is -4.54. The van der Waals surface area contributed by atoms with E-state index in [9.17, 15) is 18.0 Å². The number of hydrogen-bond donors (Lipinski definition) is 1. The Balaban J connectivity index is 2.12. The summed E-state index contributed by atoms with van der Waals surface area (Å²) < 4.78 is 41.4. The van der Waals surface area contributed by atoms with Crippen molar-refractivity contribution >= 4 is 28.3 Å². The summed E-state index contributed by atoms with van der Waals surface area (Å²) in [4.78, 5) is 11.7. The number of fused-ring (bicyclic) bond motifs is 1. The van der Waals surface area contributed by atoms with Crippen molar-refractivity contribution < 1.29 is 18.0 Å². The molecule has 0 aliphatic carbocycles. The number of alkyl halides is 3. The molecule has 1 fully saturated rings. The lowest BCUT2D eigenvalue weighted by atomic mass is 9.95. The second-order valence-electron chi connectivity index (χ2n) is 6.59. The molecular formula is C17H16ClF3N2O. The summed E-state index contributed by atoms with van der Waals surface area (Å²) >= 11 is 5.94. The monoisotopic (exact) mass is 356 g/mol. The standard InChI is InChI=1S/C17H16ClF3N2O/c1-16(2)9-14(24)22-23(16)15(17(19,20)21)11-4-3-10-5-6-13(18)8-12(10)7-11/h3-8,15H,9H2,1-2H3,(H,22,24). The molecule has 1 amide bonds. The number of hydrazine groups is 1. The molecule has 1 aliphatic rings. The number of carbonyl (C=O) groups is 1. The van der Waals surface area contributed by atoms with Crippen molar-refractivity contribution in [3.8, 4) is 0 Å². The lowest BCUT2D eigenvalue weighted by Crippen LogP contribution is -2.51. The fourth-order valence-corrected chi connectivity index (χ4v) is 3.29. The molecule has 1 N–H and O–H groups in total. The maximum absolute atomic E-state index is 13.8. The van der Waals surface area contributed by atoms with Gasteiger partial charge in [0.25, 0.3) is 0 Å². The number of benzene rings is 2. The van der Waals surface area contributed by atoms with Crippen LogP contribution in [0.15, 0.2) is 36.4 Å². The number of hydrogen-bond acceptors (Lipinski definition) is 2. The van der Waals surface area contributed by atoms with Gasteiger partial charge in [0.1, 0.15) is 0 Å². The molecule has 1 unspecified atom stereocenters. The number of nitrogens with one attached hydrogen (secondary N) is 1. The van der Waals surface area contributed by atoms with Gasteiger partial charge >= 0.3 is 6.18 Å². The van der Waals surface area contributed by atoms with Gasteiger partial charge in [-0.05, 0) is 48.4 Å². The molecule has 1 atom stereocenters. The van der Waals surface area contributed by atoms with Crippen LogP contribution in [0, 0.1) is 0 Å². The summed E-state index contributed by atoms with van der Waals surface area (Å²) in [5, 5.41) is 2.88. The van der Waals surface area contributed by atoms with Gasteiger partial charge in [0, 0.05) is 17.0 Å². The van der Waals surface area contributed by atoms with E-state index >= 15 is 0 Å². The van der Waals surface area contributed by atoms with E-state index in [4.69, 9.17) is 11.6 Å². The van der Waals surface area contributed by atoms with Crippen LogP contribution in [0.5, 0.6) is 0 Å². The molecule has 2 aromatic carbocycles. The summed E-state index contributed by atoms with van der Waals surface area (Å²) in [6.45, 7) is 3.23. The second kappa shape index (κ2) is 5.63. The minimum Gasteiger partial charge on any atom is -0.287 e. The van der Waals surface area contributed by atoms with Gasteiger partial charge < -0.3 is 0 Å². The fraction of sp³-hybridized carbons (Fsp3) is 0.353. The average molecular weight is 357 g/mol. The number of amides is 1. The molecule has 128 valence electrons. The molecule has 7 heteroatoms. The molecule has 24 heavy (non-hydrogen) atoms. The summed E-state index contributed by atoms with van der Waals surface area (Å²) in [7, 11) is 0. The van der Waals surface area contributed by atoms with Gasteiger partial charge in [-0.2, -0.15) is 18.2 Å². The Labute approximate surface area is 142 Å². The first-order valence-electron chi connectivity index (χ1n) is 7.43. The third-order valence-electron chi connectivity index (χ3n) is 4.20. The van der Waals surface area contributed by atoms with Crippen molar-refractivity contribution in [1.82, 2.24) is 10.4 Å². The Hall–Kier alpha value is -1.79. The van der Waals surface area contributed by atoms with E-state index in [-0.39, 0.29) is 12.0 Å². The Kier molecular flexibility index (Phi) is 4.00. The van der Waals surface area contributed by atoms with Crippen molar-refractivity contribution in [2.75, 3.05) is 0 Å². The van der Waals surface area contributed by atoms with E-state index in [1.165, 1.54) is 12.1 Å². The number of carbonyl (C=O) groups excluding carboxylic acids is 1. The van der Waals surface area contributed by atoms with Gasteiger partial charge in [0.05, 0.1) is 0 Å². The zero-order valence-electron chi connectivity index (χ0n) is 13.1. The normalized spacial score (nSPS) is 19.5. The van der Waals surface area contributed by atoms with E-state index in [2.05, 4.69) is 5.43 Å². The molecule has 3 rings (SSSR count).